The van der Waals surface area contributed by atoms with Gasteiger partial charge in [0.1, 0.15) is 17.5 Å². The van der Waals surface area contributed by atoms with E-state index in [1.807, 2.05) is 30.3 Å². The van der Waals surface area contributed by atoms with Crippen molar-refractivity contribution < 1.29 is 8.42 Å². The molecule has 0 aliphatic carbocycles. The first kappa shape index (κ1) is 17.6. The number of aromatic nitrogens is 2. The number of nitrogens with zero attached hydrogens (tertiary/aromatic N) is 3. The van der Waals surface area contributed by atoms with E-state index in [1.54, 1.807) is 42.5 Å². The van der Waals surface area contributed by atoms with Crippen molar-refractivity contribution in [1.82, 2.24) is 9.78 Å². The van der Waals surface area contributed by atoms with Gasteiger partial charge in [0.05, 0.1) is 22.5 Å². The number of hydrogen-bond donors (Lipinski definition) is 2. The van der Waals surface area contributed by atoms with Gasteiger partial charge in [0, 0.05) is 0 Å². The van der Waals surface area contributed by atoms with Crippen LogP contribution in [0, 0.1) is 11.3 Å². The first-order valence-corrected chi connectivity index (χ1v) is 9.82. The zero-order chi connectivity index (χ0) is 19.7. The van der Waals surface area contributed by atoms with Crippen LogP contribution in [-0.2, 0) is 10.0 Å². The molecule has 0 fully saturated rings. The first-order chi connectivity index (χ1) is 13.5. The molecule has 0 unspecified atom stereocenters. The molecule has 0 atom stereocenters. The maximum atomic E-state index is 13.0. The van der Waals surface area contributed by atoms with Crippen molar-refractivity contribution >= 4 is 32.3 Å². The Morgan fingerprint density at radius 1 is 1.00 bits per heavy atom. The van der Waals surface area contributed by atoms with Crippen LogP contribution in [0.15, 0.2) is 77.8 Å². The second kappa shape index (κ2) is 6.72. The highest BCUT2D eigenvalue weighted by atomic mass is 32.2. The molecule has 138 valence electrons. The van der Waals surface area contributed by atoms with Crippen LogP contribution < -0.4 is 10.5 Å². The molecule has 0 saturated heterocycles. The summed E-state index contributed by atoms with van der Waals surface area (Å²) in [5.74, 6) is 0.139. The number of rotatable bonds is 4. The van der Waals surface area contributed by atoms with Crippen molar-refractivity contribution in [2.45, 2.75) is 4.90 Å². The molecule has 1 aromatic heterocycles. The highest BCUT2D eigenvalue weighted by Gasteiger charge is 2.18. The Morgan fingerprint density at radius 2 is 1.71 bits per heavy atom. The van der Waals surface area contributed by atoms with E-state index < -0.39 is 10.0 Å². The van der Waals surface area contributed by atoms with Crippen LogP contribution >= 0.6 is 0 Å². The molecule has 0 spiro atoms. The Kier molecular flexibility index (Phi) is 4.22. The van der Waals surface area contributed by atoms with Crippen LogP contribution in [0.5, 0.6) is 0 Å². The van der Waals surface area contributed by atoms with Crippen LogP contribution in [0.3, 0.4) is 0 Å². The van der Waals surface area contributed by atoms with Crippen LogP contribution in [-0.4, -0.2) is 18.2 Å². The number of hydrogen-bond acceptors (Lipinski definition) is 5. The number of sulfonamides is 1. The van der Waals surface area contributed by atoms with Crippen LogP contribution in [0.1, 0.15) is 5.56 Å². The van der Waals surface area contributed by atoms with Gasteiger partial charge in [-0.15, -0.1) is 0 Å². The third-order valence-electron chi connectivity index (χ3n) is 4.33. The third-order valence-corrected chi connectivity index (χ3v) is 5.70. The number of nitrogens with one attached hydrogen (secondary N) is 1. The maximum Gasteiger partial charge on any atom is 0.261 e. The number of nitrogens with two attached hydrogens (primary N) is 1. The van der Waals surface area contributed by atoms with Gasteiger partial charge in [0.2, 0.25) is 0 Å². The van der Waals surface area contributed by atoms with Crippen LogP contribution in [0.2, 0.25) is 0 Å². The lowest BCUT2D eigenvalue weighted by Crippen LogP contribution is -2.15. The summed E-state index contributed by atoms with van der Waals surface area (Å²) in [5.41, 5.74) is 6.89. The standard InChI is InChI=1S/C20H15N5O2S/c21-12-16-13-23-25(20(16)22)19-8-4-3-7-18(19)24-28(26,27)17-10-9-14-5-1-2-6-15(14)11-17/h1-11,13,24H,22H2. The molecule has 3 N–H and O–H groups in total. The smallest absolute Gasteiger partial charge is 0.261 e. The zero-order valence-corrected chi connectivity index (χ0v) is 15.4. The summed E-state index contributed by atoms with van der Waals surface area (Å²) in [7, 11) is -3.84. The minimum Gasteiger partial charge on any atom is -0.382 e. The average molecular weight is 389 g/mol. The van der Waals surface area contributed by atoms with Gasteiger partial charge in [-0.3, -0.25) is 4.72 Å². The maximum absolute atomic E-state index is 13.0. The average Bonchev–Trinajstić information content (AvgIpc) is 3.08. The van der Waals surface area contributed by atoms with E-state index in [0.29, 0.717) is 11.4 Å². The van der Waals surface area contributed by atoms with Gasteiger partial charge in [-0.25, -0.2) is 13.1 Å². The lowest BCUT2D eigenvalue weighted by atomic mass is 10.1. The molecule has 8 heteroatoms. The van der Waals surface area contributed by atoms with Gasteiger partial charge < -0.3 is 5.73 Å². The van der Waals surface area contributed by atoms with Gasteiger partial charge in [0.15, 0.2) is 0 Å². The van der Waals surface area contributed by atoms with Crippen molar-refractivity contribution in [1.29, 1.82) is 5.26 Å². The number of para-hydroxylation sites is 2. The lowest BCUT2D eigenvalue weighted by molar-refractivity contribution is 0.601. The third kappa shape index (κ3) is 3.04. The fraction of sp³-hybridized carbons (Fsp3) is 0. The van der Waals surface area contributed by atoms with Crippen LogP contribution in [0.25, 0.3) is 16.5 Å². The predicted octanol–water partition coefficient (Wildman–Crippen LogP) is 3.28. The summed E-state index contributed by atoms with van der Waals surface area (Å²) < 4.78 is 29.8. The predicted molar refractivity (Wildman–Crippen MR) is 107 cm³/mol. The van der Waals surface area contributed by atoms with Gasteiger partial charge in [-0.2, -0.15) is 10.4 Å². The number of nitriles is 1. The van der Waals surface area contributed by atoms with Gasteiger partial charge in [-0.05, 0) is 35.0 Å². The van der Waals surface area contributed by atoms with Crippen molar-refractivity contribution in [2.24, 2.45) is 0 Å². The van der Waals surface area contributed by atoms with Crippen LogP contribution in [0.4, 0.5) is 11.5 Å². The summed E-state index contributed by atoms with van der Waals surface area (Å²) in [6, 6.07) is 21.1. The molecular weight excluding hydrogens is 374 g/mol. The Bertz CT molecular complexity index is 1340. The molecule has 4 rings (SSSR count). The fourth-order valence-corrected chi connectivity index (χ4v) is 4.03. The Morgan fingerprint density at radius 3 is 2.46 bits per heavy atom. The van der Waals surface area contributed by atoms with Crippen molar-refractivity contribution in [3.8, 4) is 11.8 Å². The molecule has 0 aliphatic rings. The number of benzene rings is 3. The monoisotopic (exact) mass is 389 g/mol. The second-order valence-electron chi connectivity index (χ2n) is 6.10. The molecule has 7 nitrogen and oxygen atoms in total. The Balaban J connectivity index is 1.76. The SMILES string of the molecule is N#Cc1cnn(-c2ccccc2NS(=O)(=O)c2ccc3ccccc3c2)c1N. The largest absolute Gasteiger partial charge is 0.382 e. The van der Waals surface area contributed by atoms with E-state index in [0.717, 1.165) is 10.8 Å². The fourth-order valence-electron chi connectivity index (χ4n) is 2.92. The summed E-state index contributed by atoms with van der Waals surface area (Å²) in [4.78, 5) is 0.146. The number of anilines is 2. The topological polar surface area (TPSA) is 114 Å². The molecule has 0 saturated carbocycles. The van der Waals surface area contributed by atoms with Crippen molar-refractivity contribution in [2.75, 3.05) is 10.5 Å². The Hall–Kier alpha value is -3.83. The second-order valence-corrected chi connectivity index (χ2v) is 7.78. The highest BCUT2D eigenvalue weighted by Crippen LogP contribution is 2.27. The Labute approximate surface area is 161 Å². The van der Waals surface area contributed by atoms with Gasteiger partial charge >= 0.3 is 0 Å². The first-order valence-electron chi connectivity index (χ1n) is 8.34. The van der Waals surface area contributed by atoms with Crippen molar-refractivity contribution in [3.63, 3.8) is 0 Å². The summed E-state index contributed by atoms with van der Waals surface area (Å²) >= 11 is 0. The van der Waals surface area contributed by atoms with E-state index in [2.05, 4.69) is 9.82 Å². The van der Waals surface area contributed by atoms with Crippen molar-refractivity contribution in [3.05, 3.63) is 78.5 Å². The number of nitrogen functional groups attached to an aromatic ring is 1. The van der Waals surface area contributed by atoms with E-state index in [9.17, 15) is 8.42 Å². The molecule has 4 aromatic rings. The number of fused-ring (bicyclic) bond motifs is 1. The minimum atomic E-state index is -3.84. The molecule has 0 aliphatic heterocycles. The summed E-state index contributed by atoms with van der Waals surface area (Å²) in [5, 5.41) is 15.0. The van der Waals surface area contributed by atoms with Gasteiger partial charge in [0.25, 0.3) is 10.0 Å². The molecule has 0 bridgehead atoms. The lowest BCUT2D eigenvalue weighted by Gasteiger charge is -2.14. The molecule has 3 aromatic carbocycles. The summed E-state index contributed by atoms with van der Waals surface area (Å²) in [6.45, 7) is 0. The van der Waals surface area contributed by atoms with E-state index >= 15 is 0 Å². The van der Waals surface area contributed by atoms with E-state index in [4.69, 9.17) is 11.0 Å². The molecule has 28 heavy (non-hydrogen) atoms. The zero-order valence-electron chi connectivity index (χ0n) is 14.6. The quantitative estimate of drug-likeness (QED) is 0.556. The summed E-state index contributed by atoms with van der Waals surface area (Å²) in [6.07, 6.45) is 1.34. The van der Waals surface area contributed by atoms with Gasteiger partial charge in [-0.1, -0.05) is 42.5 Å². The van der Waals surface area contributed by atoms with E-state index in [1.165, 1.54) is 10.9 Å². The molecule has 0 radical (unpaired) electrons. The molecule has 0 amide bonds. The highest BCUT2D eigenvalue weighted by molar-refractivity contribution is 7.92. The molecule has 1 heterocycles. The normalized spacial score (nSPS) is 11.2. The minimum absolute atomic E-state index is 0.139. The molecular formula is C20H15N5O2S. The van der Waals surface area contributed by atoms with E-state index in [-0.39, 0.29) is 16.3 Å².